The van der Waals surface area contributed by atoms with Crippen molar-refractivity contribution in [1.82, 2.24) is 10.3 Å². The van der Waals surface area contributed by atoms with Gasteiger partial charge < -0.3 is 10.2 Å². The molecule has 2 rings (SSSR count). The van der Waals surface area contributed by atoms with E-state index in [1.807, 2.05) is 40.8 Å². The second-order valence-corrected chi connectivity index (χ2v) is 4.70. The monoisotopic (exact) mass is 280 g/mol. The first-order chi connectivity index (χ1) is 8.79. The lowest BCUT2D eigenvalue weighted by molar-refractivity contribution is -0.109. The van der Waals surface area contributed by atoms with Crippen LogP contribution in [-0.2, 0) is 4.79 Å². The average molecular weight is 280 g/mol. The van der Waals surface area contributed by atoms with E-state index < -0.39 is 0 Å². The van der Waals surface area contributed by atoms with E-state index in [1.54, 1.807) is 11.8 Å². The third-order valence-corrected chi connectivity index (χ3v) is 3.30. The summed E-state index contributed by atoms with van der Waals surface area (Å²) in [6, 6.07) is 7.45. The molecule has 1 aromatic carbocycles. The molecular formula is C11H12N4OS2. The standard InChI is InChI=1S/C11H12N4OS2/c16-7-12-14-10-3-1-9(2-4-10)13-11(17)15-5-6-18-8-15/h1-7,14H,8H2,(H,12,16)(H,13,17). The maximum atomic E-state index is 10.1. The van der Waals surface area contributed by atoms with Gasteiger partial charge in [-0.25, -0.2) is 0 Å². The van der Waals surface area contributed by atoms with Gasteiger partial charge in [0.05, 0.1) is 11.6 Å². The van der Waals surface area contributed by atoms with E-state index in [0.717, 1.165) is 17.3 Å². The Morgan fingerprint density at radius 3 is 2.67 bits per heavy atom. The van der Waals surface area contributed by atoms with Crippen molar-refractivity contribution < 1.29 is 4.79 Å². The maximum Gasteiger partial charge on any atom is 0.225 e. The molecule has 0 unspecified atom stereocenters. The number of amides is 1. The van der Waals surface area contributed by atoms with Crippen LogP contribution in [0.1, 0.15) is 0 Å². The number of nitrogens with zero attached hydrogens (tertiary/aromatic N) is 1. The van der Waals surface area contributed by atoms with Crippen molar-refractivity contribution in [1.29, 1.82) is 0 Å². The lowest BCUT2D eigenvalue weighted by Gasteiger charge is -2.17. The normalized spacial score (nSPS) is 13.2. The van der Waals surface area contributed by atoms with Crippen LogP contribution in [-0.4, -0.2) is 22.3 Å². The fourth-order valence-corrected chi connectivity index (χ4v) is 2.37. The minimum Gasteiger partial charge on any atom is -0.332 e. The first-order valence-electron chi connectivity index (χ1n) is 5.21. The van der Waals surface area contributed by atoms with Crippen LogP contribution < -0.4 is 16.2 Å². The Morgan fingerprint density at radius 2 is 2.06 bits per heavy atom. The SMILES string of the molecule is O=CNNc1ccc(NC(=S)N2C=CSC2)cc1. The summed E-state index contributed by atoms with van der Waals surface area (Å²) in [5, 5.41) is 5.82. The second kappa shape index (κ2) is 6.27. The van der Waals surface area contributed by atoms with Crippen LogP contribution in [0.25, 0.3) is 0 Å². The van der Waals surface area contributed by atoms with Crippen LogP contribution in [0, 0.1) is 0 Å². The number of hydrogen-bond donors (Lipinski definition) is 3. The second-order valence-electron chi connectivity index (χ2n) is 3.45. The summed E-state index contributed by atoms with van der Waals surface area (Å²) in [5.74, 6) is 0.842. The van der Waals surface area contributed by atoms with Crippen molar-refractivity contribution in [3.8, 4) is 0 Å². The zero-order chi connectivity index (χ0) is 12.8. The van der Waals surface area contributed by atoms with Gasteiger partial charge in [-0.05, 0) is 41.9 Å². The minimum atomic E-state index is 0.582. The zero-order valence-electron chi connectivity index (χ0n) is 9.42. The van der Waals surface area contributed by atoms with Crippen LogP contribution in [0.5, 0.6) is 0 Å². The molecule has 0 aliphatic carbocycles. The number of carbonyl (C=O) groups excluding carboxylic acids is 1. The summed E-state index contributed by atoms with van der Waals surface area (Å²) in [4.78, 5) is 12.1. The fourth-order valence-electron chi connectivity index (χ4n) is 1.35. The third kappa shape index (κ3) is 3.38. The predicted molar refractivity (Wildman–Crippen MR) is 78.9 cm³/mol. The lowest BCUT2D eigenvalue weighted by Crippen LogP contribution is -2.27. The highest BCUT2D eigenvalue weighted by Gasteiger charge is 2.09. The van der Waals surface area contributed by atoms with E-state index in [4.69, 9.17) is 12.2 Å². The molecule has 94 valence electrons. The smallest absolute Gasteiger partial charge is 0.225 e. The number of nitrogens with one attached hydrogen (secondary N) is 3. The third-order valence-electron chi connectivity index (χ3n) is 2.22. The van der Waals surface area contributed by atoms with Gasteiger partial charge in [-0.15, -0.1) is 11.8 Å². The zero-order valence-corrected chi connectivity index (χ0v) is 11.1. The van der Waals surface area contributed by atoms with Crippen molar-refractivity contribution in [3.63, 3.8) is 0 Å². The number of hydrogen-bond acceptors (Lipinski definition) is 4. The molecule has 1 aliphatic rings. The molecule has 0 saturated heterocycles. The summed E-state index contributed by atoms with van der Waals surface area (Å²) in [6.45, 7) is 0. The van der Waals surface area contributed by atoms with E-state index in [1.165, 1.54) is 0 Å². The molecule has 0 fully saturated rings. The van der Waals surface area contributed by atoms with E-state index in [2.05, 4.69) is 16.2 Å². The molecule has 18 heavy (non-hydrogen) atoms. The first-order valence-corrected chi connectivity index (χ1v) is 6.66. The number of carbonyl (C=O) groups is 1. The van der Waals surface area contributed by atoms with Crippen molar-refractivity contribution in [2.45, 2.75) is 0 Å². The van der Waals surface area contributed by atoms with Crippen LogP contribution in [0.4, 0.5) is 11.4 Å². The van der Waals surface area contributed by atoms with Crippen molar-refractivity contribution >= 4 is 46.9 Å². The molecule has 0 spiro atoms. The van der Waals surface area contributed by atoms with Crippen LogP contribution >= 0.6 is 24.0 Å². The van der Waals surface area contributed by atoms with Gasteiger partial charge in [0.2, 0.25) is 6.41 Å². The van der Waals surface area contributed by atoms with E-state index in [0.29, 0.717) is 11.5 Å². The molecule has 1 aliphatic heterocycles. The number of rotatable bonds is 4. The maximum absolute atomic E-state index is 10.1. The highest BCUT2D eigenvalue weighted by Crippen LogP contribution is 2.18. The van der Waals surface area contributed by atoms with Gasteiger partial charge in [0.15, 0.2) is 5.11 Å². The lowest BCUT2D eigenvalue weighted by atomic mass is 10.3. The quantitative estimate of drug-likeness (QED) is 0.445. The number of hydrazine groups is 1. The number of thioether (sulfide) groups is 1. The minimum absolute atomic E-state index is 0.582. The Bertz CT molecular complexity index is 461. The van der Waals surface area contributed by atoms with Gasteiger partial charge >= 0.3 is 0 Å². The number of benzene rings is 1. The number of thiocarbonyl (C=S) groups is 1. The Balaban J connectivity index is 1.91. The molecule has 3 N–H and O–H groups in total. The van der Waals surface area contributed by atoms with E-state index in [-0.39, 0.29) is 0 Å². The molecule has 1 amide bonds. The molecule has 1 aromatic rings. The van der Waals surface area contributed by atoms with Gasteiger partial charge in [0.25, 0.3) is 0 Å². The van der Waals surface area contributed by atoms with Gasteiger partial charge in [-0.2, -0.15) is 0 Å². The molecule has 0 aromatic heterocycles. The molecule has 5 nitrogen and oxygen atoms in total. The van der Waals surface area contributed by atoms with Crippen LogP contribution in [0.15, 0.2) is 35.9 Å². The number of anilines is 2. The van der Waals surface area contributed by atoms with Gasteiger partial charge in [0, 0.05) is 11.9 Å². The predicted octanol–water partition coefficient (Wildman–Crippen LogP) is 1.93. The Hall–Kier alpha value is -1.73. The molecule has 0 saturated carbocycles. The molecular weight excluding hydrogens is 268 g/mol. The molecule has 0 atom stereocenters. The van der Waals surface area contributed by atoms with Gasteiger partial charge in [-0.1, -0.05) is 0 Å². The Labute approximate surface area is 115 Å². The molecule has 1 heterocycles. The summed E-state index contributed by atoms with van der Waals surface area (Å²) < 4.78 is 0. The van der Waals surface area contributed by atoms with Gasteiger partial charge in [0.1, 0.15) is 0 Å². The highest BCUT2D eigenvalue weighted by molar-refractivity contribution is 8.02. The first kappa shape index (κ1) is 12.7. The molecule has 0 radical (unpaired) electrons. The molecule has 7 heteroatoms. The summed E-state index contributed by atoms with van der Waals surface area (Å²) >= 11 is 6.97. The summed E-state index contributed by atoms with van der Waals surface area (Å²) in [5.41, 5.74) is 6.80. The summed E-state index contributed by atoms with van der Waals surface area (Å²) in [7, 11) is 0. The highest BCUT2D eigenvalue weighted by atomic mass is 32.2. The summed E-state index contributed by atoms with van der Waals surface area (Å²) in [6.07, 6.45) is 2.53. The van der Waals surface area contributed by atoms with Crippen molar-refractivity contribution in [3.05, 3.63) is 35.9 Å². The Kier molecular flexibility index (Phi) is 4.43. The van der Waals surface area contributed by atoms with Gasteiger partial charge in [-0.3, -0.25) is 15.6 Å². The molecule has 0 bridgehead atoms. The van der Waals surface area contributed by atoms with E-state index >= 15 is 0 Å². The fraction of sp³-hybridized carbons (Fsp3) is 0.0909. The largest absolute Gasteiger partial charge is 0.332 e. The Morgan fingerprint density at radius 1 is 1.33 bits per heavy atom. The average Bonchev–Trinajstić information content (AvgIpc) is 2.92. The van der Waals surface area contributed by atoms with Crippen molar-refractivity contribution in [2.24, 2.45) is 0 Å². The van der Waals surface area contributed by atoms with Crippen molar-refractivity contribution in [2.75, 3.05) is 16.6 Å². The topological polar surface area (TPSA) is 56.4 Å². The van der Waals surface area contributed by atoms with Crippen LogP contribution in [0.2, 0.25) is 0 Å². The van der Waals surface area contributed by atoms with E-state index in [9.17, 15) is 4.79 Å². The van der Waals surface area contributed by atoms with Crippen LogP contribution in [0.3, 0.4) is 0 Å².